The number of nitrogens with zero attached hydrogens (tertiary/aromatic N) is 3. The summed E-state index contributed by atoms with van der Waals surface area (Å²) in [5, 5.41) is 10.3. The van der Waals surface area contributed by atoms with Crippen LogP contribution in [-0.2, 0) is 0 Å². The number of rotatable bonds is 6. The van der Waals surface area contributed by atoms with Gasteiger partial charge in [0.25, 0.3) is 0 Å². The first-order valence-electron chi connectivity index (χ1n) is 5.40. The van der Waals surface area contributed by atoms with E-state index in [-0.39, 0.29) is 6.17 Å². The Bertz CT molecular complexity index is 158. The molecule has 0 heterocycles. The Balaban J connectivity index is 4.09. The second-order valence-electron chi connectivity index (χ2n) is 3.97. The van der Waals surface area contributed by atoms with Crippen LogP contribution in [0.4, 0.5) is 0 Å². The van der Waals surface area contributed by atoms with Crippen LogP contribution in [-0.4, -0.2) is 29.8 Å². The van der Waals surface area contributed by atoms with Crippen LogP contribution in [0.3, 0.4) is 0 Å². The van der Waals surface area contributed by atoms with Crippen LogP contribution in [0.5, 0.6) is 0 Å². The average molecular weight is 200 g/mol. The molecule has 0 aromatic rings. The van der Waals surface area contributed by atoms with Crippen molar-refractivity contribution in [3.8, 4) is 0 Å². The predicted octanol–water partition coefficient (Wildman–Crippen LogP) is 2.43. The van der Waals surface area contributed by atoms with E-state index in [4.69, 9.17) is 0 Å². The van der Waals surface area contributed by atoms with Crippen LogP contribution in [0.2, 0.25) is 0 Å². The van der Waals surface area contributed by atoms with Crippen molar-refractivity contribution >= 4 is 0 Å². The largest absolute Gasteiger partial charge is 0.237 e. The Morgan fingerprint density at radius 2 is 1.57 bits per heavy atom. The number of azo groups is 1. The topological polar surface area (TPSA) is 40.0 Å². The van der Waals surface area contributed by atoms with E-state index in [2.05, 4.69) is 48.4 Å². The van der Waals surface area contributed by atoms with Gasteiger partial charge < -0.3 is 0 Å². The van der Waals surface area contributed by atoms with Crippen molar-refractivity contribution in [2.75, 3.05) is 6.54 Å². The summed E-state index contributed by atoms with van der Waals surface area (Å²) < 4.78 is 0. The number of hydrogen-bond donors (Lipinski definition) is 1. The lowest BCUT2D eigenvalue weighted by Gasteiger charge is -2.32. The number of hydrazine groups is 1. The first kappa shape index (κ1) is 13.5. The Hall–Kier alpha value is -0.480. The Labute approximate surface area is 87.8 Å². The van der Waals surface area contributed by atoms with E-state index in [1.807, 2.05) is 13.8 Å². The molecule has 0 bridgehead atoms. The molecule has 4 heteroatoms. The molecule has 0 saturated heterocycles. The van der Waals surface area contributed by atoms with Gasteiger partial charge in [-0.15, -0.1) is 0 Å². The normalized spacial score (nSPS) is 14.9. The van der Waals surface area contributed by atoms with Gasteiger partial charge in [0.05, 0.1) is 6.54 Å². The molecule has 0 aromatic carbocycles. The summed E-state index contributed by atoms with van der Waals surface area (Å²) in [6.45, 7) is 13.4. The van der Waals surface area contributed by atoms with E-state index < -0.39 is 0 Å². The minimum Gasteiger partial charge on any atom is -0.237 e. The lowest BCUT2D eigenvalue weighted by Crippen LogP contribution is -2.50. The maximum Gasteiger partial charge on any atom is 0.130 e. The second-order valence-corrected chi connectivity index (χ2v) is 3.97. The van der Waals surface area contributed by atoms with E-state index in [1.165, 1.54) is 0 Å². The van der Waals surface area contributed by atoms with Crippen LogP contribution in [0.25, 0.3) is 0 Å². The second kappa shape index (κ2) is 6.90. The zero-order valence-electron chi connectivity index (χ0n) is 10.3. The van der Waals surface area contributed by atoms with Crippen LogP contribution in [0.15, 0.2) is 10.2 Å². The lowest BCUT2D eigenvalue weighted by atomic mass is 10.3. The van der Waals surface area contributed by atoms with Gasteiger partial charge in [-0.3, -0.25) is 0 Å². The third kappa shape index (κ3) is 5.29. The molecule has 0 aliphatic carbocycles. The molecule has 1 N–H and O–H groups in total. The highest BCUT2D eigenvalue weighted by atomic mass is 15.6. The summed E-state index contributed by atoms with van der Waals surface area (Å²) in [7, 11) is 0. The third-order valence-electron chi connectivity index (χ3n) is 1.84. The van der Waals surface area contributed by atoms with Crippen molar-refractivity contribution in [1.29, 1.82) is 0 Å². The SMILES string of the molecule is CCN=NC(C)NN(C(C)C)C(C)C. The highest BCUT2D eigenvalue weighted by Crippen LogP contribution is 2.02. The predicted molar refractivity (Wildman–Crippen MR) is 60.1 cm³/mol. The minimum absolute atomic E-state index is 0.0553. The molecule has 0 aliphatic heterocycles. The van der Waals surface area contributed by atoms with E-state index in [0.29, 0.717) is 12.1 Å². The van der Waals surface area contributed by atoms with Crippen LogP contribution in [0.1, 0.15) is 41.5 Å². The van der Waals surface area contributed by atoms with Crippen molar-refractivity contribution in [2.24, 2.45) is 10.2 Å². The van der Waals surface area contributed by atoms with Crippen LogP contribution >= 0.6 is 0 Å². The van der Waals surface area contributed by atoms with E-state index in [1.54, 1.807) is 0 Å². The fourth-order valence-electron chi connectivity index (χ4n) is 1.34. The average Bonchev–Trinajstić information content (AvgIpc) is 2.09. The monoisotopic (exact) mass is 200 g/mol. The molecule has 84 valence electrons. The fraction of sp³-hybridized carbons (Fsp3) is 1.00. The Morgan fingerprint density at radius 1 is 1.07 bits per heavy atom. The summed E-state index contributed by atoms with van der Waals surface area (Å²) in [6.07, 6.45) is 0.0553. The van der Waals surface area contributed by atoms with Crippen molar-refractivity contribution in [3.63, 3.8) is 0 Å². The van der Waals surface area contributed by atoms with Crippen LogP contribution < -0.4 is 5.43 Å². The van der Waals surface area contributed by atoms with Gasteiger partial charge in [0.1, 0.15) is 6.17 Å². The zero-order chi connectivity index (χ0) is 11.1. The molecule has 1 atom stereocenters. The number of hydrogen-bond acceptors (Lipinski definition) is 4. The highest BCUT2D eigenvalue weighted by Gasteiger charge is 2.14. The summed E-state index contributed by atoms with van der Waals surface area (Å²) in [4.78, 5) is 0. The van der Waals surface area contributed by atoms with Gasteiger partial charge in [0, 0.05) is 12.1 Å². The van der Waals surface area contributed by atoms with Crippen molar-refractivity contribution < 1.29 is 0 Å². The van der Waals surface area contributed by atoms with E-state index in [0.717, 1.165) is 6.54 Å². The molecule has 1 unspecified atom stereocenters. The smallest absolute Gasteiger partial charge is 0.130 e. The summed E-state index contributed by atoms with van der Waals surface area (Å²) in [5.74, 6) is 0. The molecule has 0 spiro atoms. The van der Waals surface area contributed by atoms with Crippen LogP contribution in [0, 0.1) is 0 Å². The van der Waals surface area contributed by atoms with Gasteiger partial charge in [-0.25, -0.2) is 10.4 Å². The van der Waals surface area contributed by atoms with Gasteiger partial charge in [-0.1, -0.05) is 0 Å². The minimum atomic E-state index is 0.0553. The maximum absolute atomic E-state index is 4.12. The van der Waals surface area contributed by atoms with Crippen molar-refractivity contribution in [3.05, 3.63) is 0 Å². The Kier molecular flexibility index (Phi) is 6.66. The molecule has 0 fully saturated rings. The van der Waals surface area contributed by atoms with Gasteiger partial charge in [0.15, 0.2) is 0 Å². The molecule has 0 radical (unpaired) electrons. The molecule has 0 aliphatic rings. The molecule has 0 amide bonds. The highest BCUT2D eigenvalue weighted by molar-refractivity contribution is 4.65. The first-order valence-corrected chi connectivity index (χ1v) is 5.40. The summed E-state index contributed by atoms with van der Waals surface area (Å²) in [6, 6.07) is 0.934. The number of nitrogens with one attached hydrogen (secondary N) is 1. The first-order chi connectivity index (χ1) is 6.49. The molecule has 0 aromatic heterocycles. The van der Waals surface area contributed by atoms with Gasteiger partial charge >= 0.3 is 0 Å². The van der Waals surface area contributed by atoms with E-state index in [9.17, 15) is 0 Å². The van der Waals surface area contributed by atoms with Gasteiger partial charge in [-0.05, 0) is 41.5 Å². The van der Waals surface area contributed by atoms with Crippen molar-refractivity contribution in [1.82, 2.24) is 10.4 Å². The Morgan fingerprint density at radius 3 is 1.93 bits per heavy atom. The maximum atomic E-state index is 4.12. The summed E-state index contributed by atoms with van der Waals surface area (Å²) in [5.41, 5.74) is 3.32. The summed E-state index contributed by atoms with van der Waals surface area (Å²) >= 11 is 0. The molecular formula is C10H24N4. The lowest BCUT2D eigenvalue weighted by molar-refractivity contribution is 0.0842. The quantitative estimate of drug-likeness (QED) is 0.528. The fourth-order valence-corrected chi connectivity index (χ4v) is 1.34. The van der Waals surface area contributed by atoms with Gasteiger partial charge in [-0.2, -0.15) is 10.2 Å². The standard InChI is InChI=1S/C10H24N4/c1-7-11-12-10(6)13-14(8(2)3)9(4)5/h8-10,13H,7H2,1-6H3. The zero-order valence-corrected chi connectivity index (χ0v) is 10.3. The molecule has 4 nitrogen and oxygen atoms in total. The van der Waals surface area contributed by atoms with Crippen molar-refractivity contribution in [2.45, 2.75) is 59.8 Å². The molecule has 0 rings (SSSR count). The molecular weight excluding hydrogens is 176 g/mol. The molecule has 14 heavy (non-hydrogen) atoms. The van der Waals surface area contributed by atoms with E-state index >= 15 is 0 Å². The molecule has 0 saturated carbocycles. The third-order valence-corrected chi connectivity index (χ3v) is 1.84. The van der Waals surface area contributed by atoms with Gasteiger partial charge in [0.2, 0.25) is 0 Å².